The van der Waals surface area contributed by atoms with Crippen LogP contribution in [0.1, 0.15) is 23.7 Å². The average Bonchev–Trinajstić information content (AvgIpc) is 3.42. The van der Waals surface area contributed by atoms with Gasteiger partial charge in [-0.15, -0.1) is 0 Å². The summed E-state index contributed by atoms with van der Waals surface area (Å²) in [6.45, 7) is 1.75. The third-order valence-electron chi connectivity index (χ3n) is 4.85. The van der Waals surface area contributed by atoms with Crippen molar-refractivity contribution < 1.29 is 9.18 Å². The number of imidazole rings is 1. The molecule has 0 saturated heterocycles. The summed E-state index contributed by atoms with van der Waals surface area (Å²) in [7, 11) is 0. The van der Waals surface area contributed by atoms with Crippen LogP contribution >= 0.6 is 11.3 Å². The molecule has 148 valence electrons. The van der Waals surface area contributed by atoms with E-state index in [0.717, 1.165) is 11.0 Å². The van der Waals surface area contributed by atoms with Crippen molar-refractivity contribution in [3.63, 3.8) is 0 Å². The molecule has 5 aromatic rings. The second-order valence-corrected chi connectivity index (χ2v) is 7.78. The van der Waals surface area contributed by atoms with E-state index in [0.29, 0.717) is 26.3 Å². The predicted octanol–water partition coefficient (Wildman–Crippen LogP) is 3.51. The zero-order valence-electron chi connectivity index (χ0n) is 15.9. The lowest BCUT2D eigenvalue weighted by molar-refractivity contribution is 0.0893. The minimum absolute atomic E-state index is 0.174. The van der Waals surface area contributed by atoms with Crippen molar-refractivity contribution >= 4 is 39.3 Å². The van der Waals surface area contributed by atoms with Crippen molar-refractivity contribution in [3.8, 4) is 11.3 Å². The maximum atomic E-state index is 13.4. The Morgan fingerprint density at radius 2 is 1.93 bits per heavy atom. The number of carbonyl (C=O) groups excluding carboxylic acids is 1. The maximum absolute atomic E-state index is 13.4. The fraction of sp³-hybridized carbons (Fsp3) is 0.0909. The smallest absolute Gasteiger partial charge is 0.273 e. The summed E-state index contributed by atoms with van der Waals surface area (Å²) in [5.41, 5.74) is 3.11. The highest BCUT2D eigenvalue weighted by Gasteiger charge is 2.15. The number of aromatic nitrogens is 4. The second kappa shape index (κ2) is 7.00. The van der Waals surface area contributed by atoms with Crippen LogP contribution in [0.2, 0.25) is 0 Å². The van der Waals surface area contributed by atoms with Gasteiger partial charge >= 0.3 is 0 Å². The van der Waals surface area contributed by atoms with Gasteiger partial charge in [-0.25, -0.2) is 18.5 Å². The second-order valence-electron chi connectivity index (χ2n) is 6.77. The van der Waals surface area contributed by atoms with Gasteiger partial charge in [-0.3, -0.25) is 9.59 Å². The molecule has 0 fully saturated rings. The number of hydrogen-bond acceptors (Lipinski definition) is 5. The Bertz CT molecular complexity index is 1530. The Labute approximate surface area is 173 Å². The molecule has 0 radical (unpaired) electrons. The summed E-state index contributed by atoms with van der Waals surface area (Å²) in [6, 6.07) is 13.3. The van der Waals surface area contributed by atoms with Crippen LogP contribution in [0.3, 0.4) is 0 Å². The zero-order chi connectivity index (χ0) is 20.8. The van der Waals surface area contributed by atoms with E-state index in [4.69, 9.17) is 0 Å². The largest absolute Gasteiger partial charge is 0.274 e. The molecule has 0 aliphatic heterocycles. The summed E-state index contributed by atoms with van der Waals surface area (Å²) in [6.07, 6.45) is 3.60. The molecule has 6 nitrogen and oxygen atoms in total. The molecule has 0 saturated carbocycles. The average molecular weight is 418 g/mol. The van der Waals surface area contributed by atoms with Gasteiger partial charge in [0.1, 0.15) is 11.5 Å². The Kier molecular flexibility index (Phi) is 4.29. The highest BCUT2D eigenvalue weighted by molar-refractivity contribution is 7.15. The first-order valence-corrected chi connectivity index (χ1v) is 10.2. The van der Waals surface area contributed by atoms with Crippen molar-refractivity contribution in [2.45, 2.75) is 13.3 Å². The number of rotatable bonds is 3. The summed E-state index contributed by atoms with van der Waals surface area (Å²) >= 11 is 1.28. The molecule has 0 N–H and O–H groups in total. The van der Waals surface area contributed by atoms with Crippen LogP contribution in [-0.4, -0.2) is 25.1 Å². The Morgan fingerprint density at radius 1 is 1.17 bits per heavy atom. The number of benzene rings is 2. The number of carbonyl (C=O) groups is 1. The van der Waals surface area contributed by atoms with Crippen LogP contribution in [-0.2, 0) is 0 Å². The van der Waals surface area contributed by atoms with E-state index in [1.807, 2.05) is 24.3 Å². The third kappa shape index (κ3) is 2.93. The van der Waals surface area contributed by atoms with E-state index in [-0.39, 0.29) is 23.7 Å². The van der Waals surface area contributed by atoms with Gasteiger partial charge in [0, 0.05) is 23.7 Å². The first-order valence-electron chi connectivity index (χ1n) is 9.35. The monoisotopic (exact) mass is 418 g/mol. The number of para-hydroxylation sites is 2. The molecule has 8 heteroatoms. The van der Waals surface area contributed by atoms with Crippen molar-refractivity contribution in [1.82, 2.24) is 19.2 Å². The minimum atomic E-state index is -0.360. The van der Waals surface area contributed by atoms with Gasteiger partial charge < -0.3 is 0 Å². The minimum Gasteiger partial charge on any atom is -0.273 e. The van der Waals surface area contributed by atoms with Crippen LogP contribution < -0.4 is 10.1 Å². The van der Waals surface area contributed by atoms with Gasteiger partial charge in [-0.2, -0.15) is 5.10 Å². The molecule has 30 heavy (non-hydrogen) atoms. The van der Waals surface area contributed by atoms with Crippen molar-refractivity contribution in [2.24, 2.45) is 0 Å². The third-order valence-corrected chi connectivity index (χ3v) is 5.82. The molecule has 2 aromatic carbocycles. The normalized spacial score (nSPS) is 12.3. The standard InChI is InChI=1S/C22H15FN4O2S/c1-2-19(28)26-12-14(20(25-26)13-7-9-15(23)10-8-13)11-18-21(29)27-17-6-4-3-5-16(17)24-22(27)30-18/h3-12H,2H2,1H3. The summed E-state index contributed by atoms with van der Waals surface area (Å²) in [5, 5.41) is 4.39. The first kappa shape index (κ1) is 18.4. The van der Waals surface area contributed by atoms with Gasteiger partial charge in [0.05, 0.1) is 15.6 Å². The highest BCUT2D eigenvalue weighted by atomic mass is 32.1. The molecule has 5 rings (SSSR count). The molecule has 3 aromatic heterocycles. The molecule has 0 amide bonds. The molecular weight excluding hydrogens is 403 g/mol. The number of thiazole rings is 1. The number of hydrogen-bond donors (Lipinski definition) is 0. The van der Waals surface area contributed by atoms with Gasteiger partial charge in [-0.05, 0) is 42.5 Å². The van der Waals surface area contributed by atoms with Crippen LogP contribution in [0.4, 0.5) is 4.39 Å². The van der Waals surface area contributed by atoms with E-state index in [2.05, 4.69) is 10.1 Å². The molecule has 0 bridgehead atoms. The molecule has 0 unspecified atom stereocenters. The van der Waals surface area contributed by atoms with E-state index < -0.39 is 0 Å². The number of halogens is 1. The van der Waals surface area contributed by atoms with E-state index in [1.54, 1.807) is 35.7 Å². The van der Waals surface area contributed by atoms with Crippen molar-refractivity contribution in [2.75, 3.05) is 0 Å². The van der Waals surface area contributed by atoms with Crippen LogP contribution in [0.15, 0.2) is 59.5 Å². The molecule has 0 spiro atoms. The van der Waals surface area contributed by atoms with Crippen molar-refractivity contribution in [3.05, 3.63) is 81.0 Å². The van der Waals surface area contributed by atoms with Gasteiger partial charge in [0.2, 0.25) is 5.91 Å². The molecule has 0 aliphatic rings. The lowest BCUT2D eigenvalue weighted by Gasteiger charge is -1.98. The topological polar surface area (TPSA) is 69.3 Å². The van der Waals surface area contributed by atoms with E-state index >= 15 is 0 Å². The molecular formula is C22H15FN4O2S. The summed E-state index contributed by atoms with van der Waals surface area (Å²) < 4.78 is 16.7. The first-order chi connectivity index (χ1) is 14.5. The fourth-order valence-corrected chi connectivity index (χ4v) is 4.35. The lowest BCUT2D eigenvalue weighted by atomic mass is 10.1. The van der Waals surface area contributed by atoms with Crippen LogP contribution in [0.5, 0.6) is 0 Å². The molecule has 0 aliphatic carbocycles. The Hall–Kier alpha value is -3.65. The highest BCUT2D eigenvalue weighted by Crippen LogP contribution is 2.24. The number of nitrogens with zero attached hydrogens (tertiary/aromatic N) is 4. The molecule has 3 heterocycles. The van der Waals surface area contributed by atoms with Gasteiger partial charge in [-0.1, -0.05) is 30.4 Å². The lowest BCUT2D eigenvalue weighted by Crippen LogP contribution is -2.22. The van der Waals surface area contributed by atoms with Crippen LogP contribution in [0, 0.1) is 5.82 Å². The summed E-state index contributed by atoms with van der Waals surface area (Å²) in [5.74, 6) is -0.533. The number of fused-ring (bicyclic) bond motifs is 3. The maximum Gasteiger partial charge on any atom is 0.274 e. The zero-order valence-corrected chi connectivity index (χ0v) is 16.7. The Balaban J connectivity index is 1.73. The van der Waals surface area contributed by atoms with Gasteiger partial charge in [0.25, 0.3) is 5.56 Å². The fourth-order valence-electron chi connectivity index (χ4n) is 3.37. The SMILES string of the molecule is CCC(=O)n1cc(C=c2sc3nc4ccccc4n3c2=O)c(-c2ccc(F)cc2)n1. The van der Waals surface area contributed by atoms with E-state index in [9.17, 15) is 14.0 Å². The Morgan fingerprint density at radius 3 is 2.70 bits per heavy atom. The quantitative estimate of drug-likeness (QED) is 0.450. The van der Waals surface area contributed by atoms with Crippen molar-refractivity contribution in [1.29, 1.82) is 0 Å². The van der Waals surface area contributed by atoms with E-state index in [1.165, 1.54) is 28.2 Å². The molecule has 0 atom stereocenters. The summed E-state index contributed by atoms with van der Waals surface area (Å²) in [4.78, 5) is 30.4. The van der Waals surface area contributed by atoms with Gasteiger partial charge in [0.15, 0.2) is 4.96 Å². The van der Waals surface area contributed by atoms with Crippen LogP contribution in [0.25, 0.3) is 33.3 Å². The predicted molar refractivity (Wildman–Crippen MR) is 114 cm³/mol.